The first-order valence-corrected chi connectivity index (χ1v) is 13.4. The molecule has 2 aliphatic heterocycles. The fourth-order valence-corrected chi connectivity index (χ4v) is 5.00. The number of nitrogens with zero attached hydrogens (tertiary/aromatic N) is 2. The van der Waals surface area contributed by atoms with Gasteiger partial charge < -0.3 is 19.7 Å². The molecule has 0 aliphatic carbocycles. The molecular weight excluding hydrogens is 504 g/mol. The van der Waals surface area contributed by atoms with Crippen LogP contribution >= 0.6 is 0 Å². The molecule has 7 nitrogen and oxygen atoms in total. The summed E-state index contributed by atoms with van der Waals surface area (Å²) in [6.45, 7) is 10.3. The molecule has 210 valence electrons. The lowest BCUT2D eigenvalue weighted by Crippen LogP contribution is -2.54. The van der Waals surface area contributed by atoms with E-state index in [2.05, 4.69) is 16.8 Å². The second-order valence-corrected chi connectivity index (χ2v) is 10.4. The number of hydrogen-bond acceptors (Lipinski definition) is 5. The van der Waals surface area contributed by atoms with E-state index in [4.69, 9.17) is 9.47 Å². The highest BCUT2D eigenvalue weighted by molar-refractivity contribution is 5.94. The van der Waals surface area contributed by atoms with Crippen LogP contribution in [0.15, 0.2) is 55.1 Å². The molecule has 39 heavy (non-hydrogen) atoms. The highest BCUT2D eigenvalue weighted by Gasteiger charge is 2.33. The van der Waals surface area contributed by atoms with E-state index in [-0.39, 0.29) is 43.1 Å². The Morgan fingerprint density at radius 1 is 1.21 bits per heavy atom. The fraction of sp³-hybridized carbons (Fsp3) is 0.467. The van der Waals surface area contributed by atoms with Gasteiger partial charge >= 0.3 is 0 Å². The number of benzene rings is 2. The Hall–Kier alpha value is -3.30. The van der Waals surface area contributed by atoms with Crippen molar-refractivity contribution in [3.05, 3.63) is 77.6 Å². The SMILES string of the molecule is C=CC(=O)N1CCN(C[C@H](Oc2ccc(C(=O)NCC3(F)CCOCC3)cc2)c2ccc(C)c(F)c2)C[C@H]1C. The average molecular weight is 542 g/mol. The van der Waals surface area contributed by atoms with Crippen molar-refractivity contribution in [3.8, 4) is 5.75 Å². The normalized spacial score (nSPS) is 20.2. The van der Waals surface area contributed by atoms with Crippen molar-refractivity contribution < 1.29 is 27.8 Å². The van der Waals surface area contributed by atoms with Crippen LogP contribution in [0.4, 0.5) is 8.78 Å². The number of hydrogen-bond donors (Lipinski definition) is 1. The van der Waals surface area contributed by atoms with Gasteiger partial charge in [-0.3, -0.25) is 14.5 Å². The van der Waals surface area contributed by atoms with Gasteiger partial charge in [0.15, 0.2) is 0 Å². The molecule has 0 spiro atoms. The molecule has 2 heterocycles. The molecule has 2 amide bonds. The summed E-state index contributed by atoms with van der Waals surface area (Å²) in [6.07, 6.45) is 1.38. The van der Waals surface area contributed by atoms with E-state index < -0.39 is 11.8 Å². The second-order valence-electron chi connectivity index (χ2n) is 10.4. The first-order valence-electron chi connectivity index (χ1n) is 13.4. The topological polar surface area (TPSA) is 71.1 Å². The molecule has 9 heteroatoms. The summed E-state index contributed by atoms with van der Waals surface area (Å²) >= 11 is 0. The summed E-state index contributed by atoms with van der Waals surface area (Å²) in [6, 6.07) is 11.7. The minimum absolute atomic E-state index is 0.00189. The van der Waals surface area contributed by atoms with Crippen molar-refractivity contribution in [1.82, 2.24) is 15.1 Å². The molecule has 0 unspecified atom stereocenters. The van der Waals surface area contributed by atoms with Crippen molar-refractivity contribution in [3.63, 3.8) is 0 Å². The summed E-state index contributed by atoms with van der Waals surface area (Å²) in [5.74, 6) is -0.229. The number of rotatable bonds is 9. The van der Waals surface area contributed by atoms with E-state index >= 15 is 0 Å². The van der Waals surface area contributed by atoms with E-state index in [1.807, 2.05) is 13.0 Å². The molecule has 2 fully saturated rings. The Morgan fingerprint density at radius 3 is 2.56 bits per heavy atom. The zero-order chi connectivity index (χ0) is 28.0. The van der Waals surface area contributed by atoms with E-state index in [0.717, 1.165) is 0 Å². The van der Waals surface area contributed by atoms with Crippen LogP contribution in [0, 0.1) is 12.7 Å². The Kier molecular flexibility index (Phi) is 9.35. The van der Waals surface area contributed by atoms with Crippen LogP contribution in [0.3, 0.4) is 0 Å². The largest absolute Gasteiger partial charge is 0.484 e. The molecule has 2 aromatic carbocycles. The summed E-state index contributed by atoms with van der Waals surface area (Å²) in [5, 5.41) is 2.69. The van der Waals surface area contributed by atoms with Crippen molar-refractivity contribution >= 4 is 11.8 Å². The minimum atomic E-state index is -1.45. The molecule has 1 N–H and O–H groups in total. The van der Waals surface area contributed by atoms with Gasteiger partial charge in [-0.25, -0.2) is 8.78 Å². The average Bonchev–Trinajstić information content (AvgIpc) is 2.93. The zero-order valence-corrected chi connectivity index (χ0v) is 22.6. The van der Waals surface area contributed by atoms with Gasteiger partial charge in [0, 0.05) is 63.8 Å². The van der Waals surface area contributed by atoms with Gasteiger partial charge in [-0.1, -0.05) is 18.7 Å². The summed E-state index contributed by atoms with van der Waals surface area (Å²) in [5.41, 5.74) is 0.193. The monoisotopic (exact) mass is 541 g/mol. The summed E-state index contributed by atoms with van der Waals surface area (Å²) in [7, 11) is 0. The van der Waals surface area contributed by atoms with E-state index in [1.54, 1.807) is 42.2 Å². The fourth-order valence-electron chi connectivity index (χ4n) is 5.00. The molecule has 0 saturated carbocycles. The Balaban J connectivity index is 1.43. The van der Waals surface area contributed by atoms with Gasteiger partial charge in [0.2, 0.25) is 5.91 Å². The number of halogens is 2. The van der Waals surface area contributed by atoms with Crippen LogP contribution in [0.1, 0.15) is 47.4 Å². The number of ether oxygens (including phenoxy) is 2. The zero-order valence-electron chi connectivity index (χ0n) is 22.6. The number of nitrogens with one attached hydrogen (secondary N) is 1. The quantitative estimate of drug-likeness (QED) is 0.482. The maximum Gasteiger partial charge on any atom is 0.251 e. The number of carbonyl (C=O) groups excluding carboxylic acids is 2. The van der Waals surface area contributed by atoms with E-state index in [9.17, 15) is 18.4 Å². The summed E-state index contributed by atoms with van der Waals surface area (Å²) < 4.78 is 40.8. The van der Waals surface area contributed by atoms with E-state index in [0.29, 0.717) is 61.8 Å². The molecule has 2 saturated heterocycles. The standard InChI is InChI=1S/C30H37F2N3O4/c1-4-28(36)35-14-13-34(18-22(35)3)19-27(24-6-5-21(2)26(31)17-24)39-25-9-7-23(8-10-25)29(37)33-20-30(32)11-15-38-16-12-30/h4-10,17,22,27H,1,11-16,18-20H2,2-3H3,(H,33,37)/t22-,27+/m1/s1. The van der Waals surface area contributed by atoms with E-state index in [1.165, 1.54) is 12.1 Å². The minimum Gasteiger partial charge on any atom is -0.484 e. The first kappa shape index (κ1) is 28.7. The van der Waals surface area contributed by atoms with Crippen LogP contribution in [0.25, 0.3) is 0 Å². The third-order valence-corrected chi connectivity index (χ3v) is 7.51. The van der Waals surface area contributed by atoms with Crippen LogP contribution < -0.4 is 10.1 Å². The Bertz CT molecular complexity index is 1170. The van der Waals surface area contributed by atoms with Gasteiger partial charge in [-0.15, -0.1) is 0 Å². The molecule has 0 radical (unpaired) electrons. The lowest BCUT2D eigenvalue weighted by Gasteiger charge is -2.40. The molecule has 0 aromatic heterocycles. The van der Waals surface area contributed by atoms with Gasteiger partial charge in [-0.05, 0) is 61.4 Å². The number of alkyl halides is 1. The molecule has 2 atom stereocenters. The van der Waals surface area contributed by atoms with Crippen molar-refractivity contribution in [2.45, 2.75) is 44.5 Å². The lowest BCUT2D eigenvalue weighted by molar-refractivity contribution is -0.130. The molecule has 0 bridgehead atoms. The number of aryl methyl sites for hydroxylation is 1. The van der Waals surface area contributed by atoms with Crippen LogP contribution in [-0.4, -0.2) is 79.3 Å². The van der Waals surface area contributed by atoms with Gasteiger partial charge in [0.1, 0.15) is 23.3 Å². The highest BCUT2D eigenvalue weighted by Crippen LogP contribution is 2.27. The van der Waals surface area contributed by atoms with Crippen molar-refractivity contribution in [2.24, 2.45) is 0 Å². The number of carbonyl (C=O) groups is 2. The van der Waals surface area contributed by atoms with Crippen molar-refractivity contribution in [1.29, 1.82) is 0 Å². The second kappa shape index (κ2) is 12.7. The molecule has 2 aromatic rings. The van der Waals surface area contributed by atoms with Crippen molar-refractivity contribution in [2.75, 3.05) is 45.9 Å². The maximum absolute atomic E-state index is 14.8. The third kappa shape index (κ3) is 7.42. The third-order valence-electron chi connectivity index (χ3n) is 7.51. The Morgan fingerprint density at radius 2 is 1.92 bits per heavy atom. The Labute approximate surface area is 228 Å². The van der Waals surface area contributed by atoms with Gasteiger partial charge in [-0.2, -0.15) is 0 Å². The molecule has 4 rings (SSSR count). The highest BCUT2D eigenvalue weighted by atomic mass is 19.1. The maximum atomic E-state index is 14.8. The molecule has 2 aliphatic rings. The van der Waals surface area contributed by atoms with Gasteiger partial charge in [0.05, 0.1) is 6.54 Å². The van der Waals surface area contributed by atoms with Crippen LogP contribution in [0.2, 0.25) is 0 Å². The smallest absolute Gasteiger partial charge is 0.251 e. The predicted octanol–water partition coefficient (Wildman–Crippen LogP) is 4.22. The van der Waals surface area contributed by atoms with Gasteiger partial charge in [0.25, 0.3) is 5.91 Å². The predicted molar refractivity (Wildman–Crippen MR) is 145 cm³/mol. The van der Waals surface area contributed by atoms with Crippen LogP contribution in [-0.2, 0) is 9.53 Å². The first-order chi connectivity index (χ1) is 18.7. The lowest BCUT2D eigenvalue weighted by atomic mass is 9.96. The number of piperazine rings is 1. The van der Waals surface area contributed by atoms with Crippen LogP contribution in [0.5, 0.6) is 5.75 Å². The molecular formula is C30H37F2N3O4. The number of amides is 2. The summed E-state index contributed by atoms with van der Waals surface area (Å²) in [4.78, 5) is 28.7.